The maximum Gasteiger partial charge on any atom is 0.341 e. The van der Waals surface area contributed by atoms with Gasteiger partial charge in [-0.05, 0) is 47.7 Å². The number of anilines is 1. The zero-order valence-corrected chi connectivity index (χ0v) is 14.2. The molecule has 1 N–H and O–H groups in total. The summed E-state index contributed by atoms with van der Waals surface area (Å²) in [5, 5.41) is 22.4. The number of rotatable bonds is 5. The van der Waals surface area contributed by atoms with Gasteiger partial charge in [-0.1, -0.05) is 18.2 Å². The molecule has 2 aromatic carbocycles. The van der Waals surface area contributed by atoms with E-state index < -0.39 is 18.0 Å². The number of benzene rings is 2. The van der Waals surface area contributed by atoms with E-state index in [9.17, 15) is 9.59 Å². The largest absolute Gasteiger partial charge is 0.449 e. The Balaban J connectivity index is 1.71. The third-order valence-electron chi connectivity index (χ3n) is 3.63. The second-order valence-corrected chi connectivity index (χ2v) is 5.50. The van der Waals surface area contributed by atoms with Crippen molar-refractivity contribution in [3.63, 3.8) is 0 Å². The van der Waals surface area contributed by atoms with Crippen LogP contribution >= 0.6 is 0 Å². The molecule has 3 rings (SSSR count). The second-order valence-electron chi connectivity index (χ2n) is 5.50. The Hall–Kier alpha value is -4.06. The van der Waals surface area contributed by atoms with Gasteiger partial charge in [-0.2, -0.15) is 9.94 Å². The SMILES string of the molecule is C[C@H](OC(=O)c1ccccc1-n1cnnn1)C(=O)Nc1cccc(C#N)c1. The Morgan fingerprint density at radius 2 is 2.04 bits per heavy atom. The number of nitriles is 1. The van der Waals surface area contributed by atoms with Crippen LogP contribution in [0.25, 0.3) is 5.69 Å². The van der Waals surface area contributed by atoms with Gasteiger partial charge in [0.1, 0.15) is 6.33 Å². The van der Waals surface area contributed by atoms with Gasteiger partial charge in [0.25, 0.3) is 5.91 Å². The molecule has 27 heavy (non-hydrogen) atoms. The topological polar surface area (TPSA) is 123 Å². The van der Waals surface area contributed by atoms with Crippen LogP contribution in [0.2, 0.25) is 0 Å². The fourth-order valence-corrected chi connectivity index (χ4v) is 2.31. The molecule has 1 amide bonds. The molecule has 0 fully saturated rings. The lowest BCUT2D eigenvalue weighted by Crippen LogP contribution is -2.30. The molecule has 0 unspecified atom stereocenters. The van der Waals surface area contributed by atoms with Crippen LogP contribution in [0.5, 0.6) is 0 Å². The third-order valence-corrected chi connectivity index (χ3v) is 3.63. The first kappa shape index (κ1) is 17.8. The molecule has 0 saturated carbocycles. The van der Waals surface area contributed by atoms with Gasteiger partial charge in [-0.15, -0.1) is 5.10 Å². The number of tetrazole rings is 1. The summed E-state index contributed by atoms with van der Waals surface area (Å²) in [6, 6.07) is 15.0. The number of esters is 1. The van der Waals surface area contributed by atoms with Gasteiger partial charge in [0.15, 0.2) is 6.10 Å². The number of carbonyl (C=O) groups excluding carboxylic acids is 2. The number of para-hydroxylation sites is 1. The smallest absolute Gasteiger partial charge is 0.341 e. The van der Waals surface area contributed by atoms with Crippen LogP contribution in [0.4, 0.5) is 5.69 Å². The molecule has 3 aromatic rings. The van der Waals surface area contributed by atoms with Crippen LogP contribution in [0, 0.1) is 11.3 Å². The maximum absolute atomic E-state index is 12.5. The number of hydrogen-bond donors (Lipinski definition) is 1. The van der Waals surface area contributed by atoms with Crippen molar-refractivity contribution in [3.8, 4) is 11.8 Å². The van der Waals surface area contributed by atoms with E-state index in [1.807, 2.05) is 6.07 Å². The highest BCUT2D eigenvalue weighted by atomic mass is 16.5. The maximum atomic E-state index is 12.5. The summed E-state index contributed by atoms with van der Waals surface area (Å²) in [6.07, 6.45) is 0.301. The summed E-state index contributed by atoms with van der Waals surface area (Å²) in [5.74, 6) is -1.20. The highest BCUT2D eigenvalue weighted by molar-refractivity contribution is 5.98. The van der Waals surface area contributed by atoms with Crippen molar-refractivity contribution in [1.82, 2.24) is 20.2 Å². The van der Waals surface area contributed by atoms with Crippen LogP contribution in [0.1, 0.15) is 22.8 Å². The highest BCUT2D eigenvalue weighted by Gasteiger charge is 2.21. The minimum atomic E-state index is -1.05. The molecule has 0 bridgehead atoms. The molecule has 0 saturated heterocycles. The van der Waals surface area contributed by atoms with Gasteiger partial charge in [-0.3, -0.25) is 4.79 Å². The van der Waals surface area contributed by atoms with Crippen LogP contribution in [-0.2, 0) is 9.53 Å². The lowest BCUT2D eigenvalue weighted by molar-refractivity contribution is -0.123. The number of nitrogens with one attached hydrogen (secondary N) is 1. The van der Waals surface area contributed by atoms with E-state index in [2.05, 4.69) is 20.8 Å². The van der Waals surface area contributed by atoms with Crippen LogP contribution < -0.4 is 5.32 Å². The first-order valence-corrected chi connectivity index (χ1v) is 7.93. The molecule has 0 radical (unpaired) electrons. The molecular weight excluding hydrogens is 348 g/mol. The van der Waals surface area contributed by atoms with Crippen molar-refractivity contribution in [1.29, 1.82) is 5.26 Å². The Morgan fingerprint density at radius 3 is 2.78 bits per heavy atom. The van der Waals surface area contributed by atoms with Gasteiger partial charge in [0.2, 0.25) is 0 Å². The summed E-state index contributed by atoms with van der Waals surface area (Å²) >= 11 is 0. The van der Waals surface area contributed by atoms with Crippen molar-refractivity contribution < 1.29 is 14.3 Å². The van der Waals surface area contributed by atoms with Gasteiger partial charge in [0.05, 0.1) is 22.9 Å². The van der Waals surface area contributed by atoms with Crippen molar-refractivity contribution in [3.05, 3.63) is 66.0 Å². The minimum Gasteiger partial charge on any atom is -0.449 e. The quantitative estimate of drug-likeness (QED) is 0.685. The van der Waals surface area contributed by atoms with Crippen molar-refractivity contribution in [2.75, 3.05) is 5.32 Å². The molecule has 1 heterocycles. The Labute approximate surface area is 154 Å². The normalized spacial score (nSPS) is 11.3. The third kappa shape index (κ3) is 4.13. The summed E-state index contributed by atoms with van der Waals surface area (Å²) in [5.41, 5.74) is 1.50. The molecule has 9 heteroatoms. The number of nitrogens with zero attached hydrogens (tertiary/aromatic N) is 5. The molecular formula is C18H14N6O3. The molecule has 134 valence electrons. The van der Waals surface area contributed by atoms with Crippen LogP contribution in [0.15, 0.2) is 54.9 Å². The standard InChI is InChI=1S/C18H14N6O3/c1-12(17(25)21-14-6-4-5-13(9-14)10-19)27-18(26)15-7-2-3-8-16(15)24-11-20-22-23-24/h2-9,11-12H,1H3,(H,21,25)/t12-/m0/s1. The summed E-state index contributed by atoms with van der Waals surface area (Å²) < 4.78 is 6.60. The molecule has 0 spiro atoms. The fourth-order valence-electron chi connectivity index (χ4n) is 2.31. The second kappa shape index (κ2) is 7.88. The van der Waals surface area contributed by atoms with Crippen LogP contribution in [0.3, 0.4) is 0 Å². The lowest BCUT2D eigenvalue weighted by Gasteiger charge is -2.15. The average Bonchev–Trinajstić information content (AvgIpc) is 3.22. The highest BCUT2D eigenvalue weighted by Crippen LogP contribution is 2.16. The fraction of sp³-hybridized carbons (Fsp3) is 0.111. The van der Waals surface area contributed by atoms with Gasteiger partial charge < -0.3 is 10.1 Å². The van der Waals surface area contributed by atoms with Crippen molar-refractivity contribution in [2.45, 2.75) is 13.0 Å². The lowest BCUT2D eigenvalue weighted by atomic mass is 10.2. The van der Waals surface area contributed by atoms with E-state index >= 15 is 0 Å². The van der Waals surface area contributed by atoms with Crippen molar-refractivity contribution in [2.24, 2.45) is 0 Å². The predicted octanol–water partition coefficient (Wildman–Crippen LogP) is 1.72. The van der Waals surface area contributed by atoms with Gasteiger partial charge in [-0.25, -0.2) is 4.79 Å². The Morgan fingerprint density at radius 1 is 1.22 bits per heavy atom. The first-order chi connectivity index (χ1) is 13.1. The summed E-state index contributed by atoms with van der Waals surface area (Å²) in [7, 11) is 0. The average molecular weight is 362 g/mol. The zero-order valence-electron chi connectivity index (χ0n) is 14.2. The number of amides is 1. The Kier molecular flexibility index (Phi) is 5.18. The van der Waals surface area contributed by atoms with E-state index in [1.165, 1.54) is 24.0 Å². The van der Waals surface area contributed by atoms with E-state index in [4.69, 9.17) is 10.00 Å². The molecule has 1 aromatic heterocycles. The zero-order chi connectivity index (χ0) is 19.2. The molecule has 0 aliphatic heterocycles. The van der Waals surface area contributed by atoms with Crippen molar-refractivity contribution >= 4 is 17.6 Å². The number of hydrogen-bond acceptors (Lipinski definition) is 7. The number of aromatic nitrogens is 4. The molecule has 0 aliphatic rings. The van der Waals surface area contributed by atoms with Crippen LogP contribution in [-0.4, -0.2) is 38.2 Å². The molecule has 1 atom stereocenters. The monoisotopic (exact) mass is 362 g/mol. The summed E-state index contributed by atoms with van der Waals surface area (Å²) in [6.45, 7) is 1.46. The Bertz CT molecular complexity index is 1010. The van der Waals surface area contributed by atoms with E-state index in [0.29, 0.717) is 16.9 Å². The van der Waals surface area contributed by atoms with E-state index in [0.717, 1.165) is 0 Å². The summed E-state index contributed by atoms with van der Waals surface area (Å²) in [4.78, 5) is 24.8. The van der Waals surface area contributed by atoms with Gasteiger partial charge in [0, 0.05) is 5.69 Å². The van der Waals surface area contributed by atoms with Gasteiger partial charge >= 0.3 is 5.97 Å². The predicted molar refractivity (Wildman–Crippen MR) is 93.8 cm³/mol. The van der Waals surface area contributed by atoms with E-state index in [-0.39, 0.29) is 5.56 Å². The molecule has 9 nitrogen and oxygen atoms in total. The minimum absolute atomic E-state index is 0.218. The molecule has 0 aliphatic carbocycles. The number of carbonyl (C=O) groups is 2. The van der Waals surface area contributed by atoms with E-state index in [1.54, 1.807) is 42.5 Å². The first-order valence-electron chi connectivity index (χ1n) is 7.93. The number of ether oxygens (including phenoxy) is 1.